The van der Waals surface area contributed by atoms with Crippen molar-refractivity contribution in [3.63, 3.8) is 0 Å². The number of nitrogens with one attached hydrogen (secondary N) is 1. The summed E-state index contributed by atoms with van der Waals surface area (Å²) in [4.78, 5) is 12.0. The highest BCUT2D eigenvalue weighted by atomic mass is 32.1. The van der Waals surface area contributed by atoms with Crippen LogP contribution in [0.25, 0.3) is 0 Å². The van der Waals surface area contributed by atoms with Crippen LogP contribution in [0.1, 0.15) is 56.2 Å². The lowest BCUT2D eigenvalue weighted by Crippen LogP contribution is -2.25. The average molecular weight is 290 g/mol. The summed E-state index contributed by atoms with van der Waals surface area (Å²) in [6.07, 6.45) is 6.23. The topological polar surface area (TPSA) is 59.8 Å². The molecule has 2 aromatic heterocycles. The van der Waals surface area contributed by atoms with E-state index in [0.717, 1.165) is 29.8 Å². The standard InChI is InChI=1S/C14H18N4OS/c1-3-10(4-2)18-14-12(7-15-18)11(5-13(19)17-14)9-6-16-20-8-9/h6-8,10-11H,3-5H2,1-2H3,(H,17,19). The van der Waals surface area contributed by atoms with Crippen molar-refractivity contribution in [2.75, 3.05) is 5.32 Å². The first-order valence-electron chi connectivity index (χ1n) is 7.01. The molecule has 0 spiro atoms. The van der Waals surface area contributed by atoms with Gasteiger partial charge in [-0.1, -0.05) is 13.8 Å². The molecule has 0 aromatic carbocycles. The number of nitrogens with zero attached hydrogens (tertiary/aromatic N) is 3. The molecule has 6 heteroatoms. The number of aromatic nitrogens is 3. The molecule has 0 bridgehead atoms. The fraction of sp³-hybridized carbons (Fsp3) is 0.500. The Kier molecular flexibility index (Phi) is 3.56. The van der Waals surface area contributed by atoms with Gasteiger partial charge < -0.3 is 5.32 Å². The molecule has 3 heterocycles. The molecule has 106 valence electrons. The van der Waals surface area contributed by atoms with Crippen LogP contribution >= 0.6 is 11.5 Å². The van der Waals surface area contributed by atoms with Gasteiger partial charge in [0.2, 0.25) is 5.91 Å². The van der Waals surface area contributed by atoms with E-state index in [1.54, 1.807) is 0 Å². The van der Waals surface area contributed by atoms with Gasteiger partial charge in [0.25, 0.3) is 0 Å². The number of anilines is 1. The number of hydrogen-bond donors (Lipinski definition) is 1. The summed E-state index contributed by atoms with van der Waals surface area (Å²) in [6, 6.07) is 0.332. The SMILES string of the molecule is CCC(CC)n1ncc2c1NC(=O)CC2c1cnsc1. The molecule has 0 aliphatic carbocycles. The number of carbonyl (C=O) groups excluding carboxylic acids is 1. The molecule has 0 saturated carbocycles. The van der Waals surface area contributed by atoms with Gasteiger partial charge in [-0.15, -0.1) is 0 Å². The molecule has 0 fully saturated rings. The zero-order valence-corrected chi connectivity index (χ0v) is 12.5. The monoisotopic (exact) mass is 290 g/mol. The van der Waals surface area contributed by atoms with Crippen molar-refractivity contribution >= 4 is 23.3 Å². The fourth-order valence-electron chi connectivity index (χ4n) is 2.83. The molecule has 1 atom stereocenters. The van der Waals surface area contributed by atoms with Gasteiger partial charge in [0.05, 0.1) is 12.2 Å². The summed E-state index contributed by atoms with van der Waals surface area (Å²) >= 11 is 1.42. The zero-order valence-electron chi connectivity index (χ0n) is 11.7. The van der Waals surface area contributed by atoms with Crippen LogP contribution in [0.2, 0.25) is 0 Å². The highest BCUT2D eigenvalue weighted by molar-refractivity contribution is 7.03. The minimum absolute atomic E-state index is 0.0569. The van der Waals surface area contributed by atoms with Gasteiger partial charge in [-0.3, -0.25) is 4.79 Å². The molecular formula is C14H18N4OS. The van der Waals surface area contributed by atoms with Crippen LogP contribution in [0.15, 0.2) is 17.8 Å². The Hall–Kier alpha value is -1.69. The molecule has 1 unspecified atom stereocenters. The van der Waals surface area contributed by atoms with Gasteiger partial charge in [-0.05, 0) is 29.9 Å². The second-order valence-corrected chi connectivity index (χ2v) is 5.78. The summed E-state index contributed by atoms with van der Waals surface area (Å²) in [5.74, 6) is 1.01. The van der Waals surface area contributed by atoms with Crippen molar-refractivity contribution in [2.45, 2.75) is 45.1 Å². The highest BCUT2D eigenvalue weighted by Gasteiger charge is 2.31. The predicted octanol–water partition coefficient (Wildman–Crippen LogP) is 3.17. The van der Waals surface area contributed by atoms with Crippen molar-refractivity contribution in [1.29, 1.82) is 0 Å². The van der Waals surface area contributed by atoms with E-state index in [4.69, 9.17) is 0 Å². The molecule has 1 aliphatic rings. The van der Waals surface area contributed by atoms with Crippen molar-refractivity contribution in [1.82, 2.24) is 14.2 Å². The van der Waals surface area contributed by atoms with E-state index in [9.17, 15) is 4.79 Å². The van der Waals surface area contributed by atoms with Crippen LogP contribution < -0.4 is 5.32 Å². The summed E-state index contributed by atoms with van der Waals surface area (Å²) in [5.41, 5.74) is 2.21. The molecule has 3 rings (SSSR count). The third-order valence-corrected chi connectivity index (χ3v) is 4.59. The van der Waals surface area contributed by atoms with E-state index in [0.29, 0.717) is 12.5 Å². The van der Waals surface area contributed by atoms with Crippen LogP contribution in [-0.2, 0) is 4.79 Å². The van der Waals surface area contributed by atoms with Gasteiger partial charge in [0.1, 0.15) is 5.82 Å². The zero-order chi connectivity index (χ0) is 14.1. The normalized spacial score (nSPS) is 18.1. The molecule has 0 saturated heterocycles. The third-order valence-electron chi connectivity index (χ3n) is 3.99. The van der Waals surface area contributed by atoms with Crippen LogP contribution in [0, 0.1) is 0 Å². The Labute approximate surface area is 122 Å². The van der Waals surface area contributed by atoms with Crippen LogP contribution in [0.5, 0.6) is 0 Å². The average Bonchev–Trinajstić information content (AvgIpc) is 3.09. The maximum absolute atomic E-state index is 12.0. The van der Waals surface area contributed by atoms with Crippen molar-refractivity contribution < 1.29 is 4.79 Å². The summed E-state index contributed by atoms with van der Waals surface area (Å²) in [7, 11) is 0. The molecule has 1 N–H and O–H groups in total. The maximum atomic E-state index is 12.0. The van der Waals surface area contributed by atoms with E-state index in [2.05, 4.69) is 28.6 Å². The first kappa shape index (κ1) is 13.3. The Morgan fingerprint density at radius 2 is 2.25 bits per heavy atom. The van der Waals surface area contributed by atoms with Crippen molar-refractivity contribution in [3.05, 3.63) is 28.9 Å². The maximum Gasteiger partial charge on any atom is 0.226 e. The highest BCUT2D eigenvalue weighted by Crippen LogP contribution is 2.38. The molecule has 2 aromatic rings. The molecule has 20 heavy (non-hydrogen) atoms. The third kappa shape index (κ3) is 2.14. The molecule has 1 amide bonds. The van der Waals surface area contributed by atoms with Crippen molar-refractivity contribution in [2.24, 2.45) is 0 Å². The van der Waals surface area contributed by atoms with Crippen LogP contribution in [0.3, 0.4) is 0 Å². The van der Waals surface area contributed by atoms with E-state index < -0.39 is 0 Å². The first-order chi connectivity index (χ1) is 9.74. The number of carbonyl (C=O) groups is 1. The molecule has 0 radical (unpaired) electrons. The predicted molar refractivity (Wildman–Crippen MR) is 79.0 cm³/mol. The number of amides is 1. The first-order valence-corrected chi connectivity index (χ1v) is 7.84. The lowest BCUT2D eigenvalue weighted by Gasteiger charge is -2.24. The summed E-state index contributed by atoms with van der Waals surface area (Å²) < 4.78 is 6.12. The van der Waals surface area contributed by atoms with Crippen LogP contribution in [-0.4, -0.2) is 20.1 Å². The van der Waals surface area contributed by atoms with Gasteiger partial charge in [0.15, 0.2) is 0 Å². The van der Waals surface area contributed by atoms with E-state index in [1.165, 1.54) is 11.5 Å². The smallest absolute Gasteiger partial charge is 0.226 e. The van der Waals surface area contributed by atoms with Gasteiger partial charge in [-0.25, -0.2) is 9.06 Å². The second kappa shape index (κ2) is 5.36. The summed E-state index contributed by atoms with van der Waals surface area (Å²) in [6.45, 7) is 4.29. The fourth-order valence-corrected chi connectivity index (χ4v) is 3.42. The minimum atomic E-state index is 0.0569. The van der Waals surface area contributed by atoms with E-state index in [-0.39, 0.29) is 11.8 Å². The largest absolute Gasteiger partial charge is 0.311 e. The number of rotatable bonds is 4. The number of hydrogen-bond acceptors (Lipinski definition) is 4. The molecule has 1 aliphatic heterocycles. The Morgan fingerprint density at radius 1 is 1.45 bits per heavy atom. The molecule has 5 nitrogen and oxygen atoms in total. The lowest BCUT2D eigenvalue weighted by molar-refractivity contribution is -0.116. The van der Waals surface area contributed by atoms with Gasteiger partial charge in [-0.2, -0.15) is 5.10 Å². The Morgan fingerprint density at radius 3 is 2.90 bits per heavy atom. The van der Waals surface area contributed by atoms with E-state index >= 15 is 0 Å². The molecular weight excluding hydrogens is 272 g/mol. The second-order valence-electron chi connectivity index (χ2n) is 5.13. The van der Waals surface area contributed by atoms with E-state index in [1.807, 2.05) is 22.5 Å². The van der Waals surface area contributed by atoms with Crippen LogP contribution in [0.4, 0.5) is 5.82 Å². The number of fused-ring (bicyclic) bond motifs is 1. The van der Waals surface area contributed by atoms with Crippen molar-refractivity contribution in [3.8, 4) is 0 Å². The Bertz CT molecular complexity index is 601. The Balaban J connectivity index is 2.04. The minimum Gasteiger partial charge on any atom is -0.311 e. The van der Waals surface area contributed by atoms with Gasteiger partial charge in [0, 0.05) is 29.5 Å². The summed E-state index contributed by atoms with van der Waals surface area (Å²) in [5, 5.41) is 9.53. The lowest BCUT2D eigenvalue weighted by atomic mass is 9.89. The quantitative estimate of drug-likeness (QED) is 0.940. The van der Waals surface area contributed by atoms with Gasteiger partial charge >= 0.3 is 0 Å².